The van der Waals surface area contributed by atoms with E-state index >= 15 is 0 Å². The molecule has 0 saturated carbocycles. The maximum Gasteiger partial charge on any atom is 0.230 e. The van der Waals surface area contributed by atoms with Gasteiger partial charge < -0.3 is 4.90 Å². The van der Waals surface area contributed by atoms with Crippen LogP contribution >= 0.6 is 0 Å². The molecule has 3 nitrogen and oxygen atoms in total. The van der Waals surface area contributed by atoms with E-state index in [1.807, 2.05) is 14.1 Å². The lowest BCUT2D eigenvalue weighted by molar-refractivity contribution is -0.156. The van der Waals surface area contributed by atoms with Gasteiger partial charge in [-0.3, -0.25) is 9.69 Å². The van der Waals surface area contributed by atoms with Crippen LogP contribution in [0.1, 0.15) is 34.1 Å². The largest absolute Gasteiger partial charge is 0.348 e. The summed E-state index contributed by atoms with van der Waals surface area (Å²) in [5.41, 5.74) is 0.0715. The zero-order chi connectivity index (χ0) is 11.9. The van der Waals surface area contributed by atoms with E-state index in [1.54, 1.807) is 4.90 Å². The van der Waals surface area contributed by atoms with Crippen LogP contribution in [0.5, 0.6) is 0 Å². The third-order valence-corrected chi connectivity index (χ3v) is 3.47. The Morgan fingerprint density at radius 1 is 1.33 bits per heavy atom. The summed E-state index contributed by atoms with van der Waals surface area (Å²) in [6.07, 6.45) is 0.941. The Labute approximate surface area is 93.4 Å². The second kappa shape index (κ2) is 3.78. The summed E-state index contributed by atoms with van der Waals surface area (Å²) in [5.74, 6) is 0.283. The second-order valence-electron chi connectivity index (χ2n) is 5.86. The summed E-state index contributed by atoms with van der Waals surface area (Å²) in [6, 6.07) is 0. The smallest absolute Gasteiger partial charge is 0.230 e. The van der Waals surface area contributed by atoms with Crippen molar-refractivity contribution in [1.82, 2.24) is 9.80 Å². The first kappa shape index (κ1) is 12.5. The summed E-state index contributed by atoms with van der Waals surface area (Å²) in [5, 5.41) is 0. The third kappa shape index (κ3) is 2.17. The van der Waals surface area contributed by atoms with Gasteiger partial charge in [0.05, 0.1) is 5.41 Å². The Hall–Kier alpha value is -0.570. The standard InChI is InChI=1S/C12H24N2O/c1-7-12(10(15)13(5)6)8-14(9-12)11(2,3)4/h7-9H2,1-6H3. The Morgan fingerprint density at radius 3 is 2.07 bits per heavy atom. The lowest BCUT2D eigenvalue weighted by atomic mass is 9.74. The molecule has 0 atom stereocenters. The van der Waals surface area contributed by atoms with Crippen molar-refractivity contribution in [2.24, 2.45) is 5.41 Å². The van der Waals surface area contributed by atoms with Gasteiger partial charge in [-0.05, 0) is 27.2 Å². The molecule has 88 valence electrons. The van der Waals surface area contributed by atoms with Crippen LogP contribution < -0.4 is 0 Å². The molecule has 0 N–H and O–H groups in total. The van der Waals surface area contributed by atoms with Gasteiger partial charge in [0.15, 0.2) is 0 Å². The van der Waals surface area contributed by atoms with Gasteiger partial charge in [0.25, 0.3) is 0 Å². The zero-order valence-corrected chi connectivity index (χ0v) is 10.9. The Balaban J connectivity index is 2.68. The molecule has 0 aliphatic carbocycles. The van der Waals surface area contributed by atoms with Crippen LogP contribution in [0.25, 0.3) is 0 Å². The van der Waals surface area contributed by atoms with E-state index in [4.69, 9.17) is 0 Å². The summed E-state index contributed by atoms with van der Waals surface area (Å²) in [6.45, 7) is 10.5. The number of amides is 1. The van der Waals surface area contributed by atoms with Crippen molar-refractivity contribution in [1.29, 1.82) is 0 Å². The monoisotopic (exact) mass is 212 g/mol. The van der Waals surface area contributed by atoms with Gasteiger partial charge >= 0.3 is 0 Å². The number of hydrogen-bond acceptors (Lipinski definition) is 2. The highest BCUT2D eigenvalue weighted by Gasteiger charge is 2.51. The van der Waals surface area contributed by atoms with Crippen molar-refractivity contribution in [3.8, 4) is 0 Å². The highest BCUT2D eigenvalue weighted by atomic mass is 16.2. The van der Waals surface area contributed by atoms with Crippen molar-refractivity contribution in [2.45, 2.75) is 39.7 Å². The molecule has 3 heteroatoms. The molecule has 0 aromatic carbocycles. The van der Waals surface area contributed by atoms with Crippen LogP contribution in [0.2, 0.25) is 0 Å². The number of likely N-dealkylation sites (tertiary alicyclic amines) is 1. The predicted octanol–water partition coefficient (Wildman–Crippen LogP) is 1.59. The van der Waals surface area contributed by atoms with Crippen molar-refractivity contribution in [3.05, 3.63) is 0 Å². The van der Waals surface area contributed by atoms with E-state index in [0.29, 0.717) is 0 Å². The van der Waals surface area contributed by atoms with Crippen molar-refractivity contribution >= 4 is 5.91 Å². The number of rotatable bonds is 2. The lowest BCUT2D eigenvalue weighted by Gasteiger charge is -2.55. The third-order valence-electron chi connectivity index (χ3n) is 3.47. The molecular weight excluding hydrogens is 188 g/mol. The molecule has 0 radical (unpaired) electrons. The van der Waals surface area contributed by atoms with Gasteiger partial charge in [0.1, 0.15) is 0 Å². The Morgan fingerprint density at radius 2 is 1.80 bits per heavy atom. The predicted molar refractivity (Wildman–Crippen MR) is 62.7 cm³/mol. The first-order valence-corrected chi connectivity index (χ1v) is 5.70. The fraction of sp³-hybridized carbons (Fsp3) is 0.917. The van der Waals surface area contributed by atoms with Gasteiger partial charge in [-0.2, -0.15) is 0 Å². The van der Waals surface area contributed by atoms with Crippen LogP contribution in [-0.2, 0) is 4.79 Å². The van der Waals surface area contributed by atoms with Crippen molar-refractivity contribution in [2.75, 3.05) is 27.2 Å². The topological polar surface area (TPSA) is 23.6 Å². The first-order valence-electron chi connectivity index (χ1n) is 5.70. The molecule has 1 rings (SSSR count). The van der Waals surface area contributed by atoms with Crippen LogP contribution in [0.3, 0.4) is 0 Å². The highest BCUT2D eigenvalue weighted by Crippen LogP contribution is 2.39. The van der Waals surface area contributed by atoms with E-state index in [2.05, 4.69) is 32.6 Å². The van der Waals surface area contributed by atoms with Crippen molar-refractivity contribution < 1.29 is 4.79 Å². The molecule has 1 aliphatic heterocycles. The summed E-state index contributed by atoms with van der Waals surface area (Å²) in [4.78, 5) is 16.1. The average molecular weight is 212 g/mol. The molecule has 0 unspecified atom stereocenters. The number of nitrogens with zero attached hydrogens (tertiary/aromatic N) is 2. The SMILES string of the molecule is CCC1(C(=O)N(C)C)CN(C(C)(C)C)C1. The maximum atomic E-state index is 12.0. The van der Waals surface area contributed by atoms with Crippen LogP contribution in [0.15, 0.2) is 0 Å². The van der Waals surface area contributed by atoms with E-state index in [0.717, 1.165) is 19.5 Å². The van der Waals surface area contributed by atoms with Crippen molar-refractivity contribution in [3.63, 3.8) is 0 Å². The number of carbonyl (C=O) groups is 1. The van der Waals surface area contributed by atoms with Gasteiger partial charge in [0, 0.05) is 32.7 Å². The summed E-state index contributed by atoms with van der Waals surface area (Å²) in [7, 11) is 3.69. The van der Waals surface area contributed by atoms with E-state index in [1.165, 1.54) is 0 Å². The van der Waals surface area contributed by atoms with Gasteiger partial charge in [-0.1, -0.05) is 6.92 Å². The minimum Gasteiger partial charge on any atom is -0.348 e. The highest BCUT2D eigenvalue weighted by molar-refractivity contribution is 5.83. The molecular formula is C12H24N2O. The fourth-order valence-electron chi connectivity index (χ4n) is 2.14. The Bertz CT molecular complexity index is 247. The molecule has 1 amide bonds. The van der Waals surface area contributed by atoms with E-state index in [9.17, 15) is 4.79 Å². The molecule has 1 saturated heterocycles. The van der Waals surface area contributed by atoms with Gasteiger partial charge in [0.2, 0.25) is 5.91 Å². The van der Waals surface area contributed by atoms with Crippen LogP contribution in [0.4, 0.5) is 0 Å². The molecule has 0 spiro atoms. The van der Waals surface area contributed by atoms with Crippen LogP contribution in [-0.4, -0.2) is 48.4 Å². The molecule has 1 fully saturated rings. The van der Waals surface area contributed by atoms with Gasteiger partial charge in [-0.15, -0.1) is 0 Å². The first-order chi connectivity index (χ1) is 6.73. The molecule has 0 bridgehead atoms. The van der Waals surface area contributed by atoms with E-state index < -0.39 is 0 Å². The van der Waals surface area contributed by atoms with Crippen LogP contribution in [0, 0.1) is 5.41 Å². The Kier molecular flexibility index (Phi) is 3.15. The number of carbonyl (C=O) groups excluding carboxylic acids is 1. The fourth-order valence-corrected chi connectivity index (χ4v) is 2.14. The summed E-state index contributed by atoms with van der Waals surface area (Å²) < 4.78 is 0. The van der Waals surface area contributed by atoms with Gasteiger partial charge in [-0.25, -0.2) is 0 Å². The minimum atomic E-state index is -0.114. The molecule has 1 aliphatic rings. The van der Waals surface area contributed by atoms with E-state index in [-0.39, 0.29) is 16.9 Å². The number of hydrogen-bond donors (Lipinski definition) is 0. The molecule has 15 heavy (non-hydrogen) atoms. The average Bonchev–Trinajstić information content (AvgIpc) is 2.00. The zero-order valence-electron chi connectivity index (χ0n) is 10.9. The summed E-state index contributed by atoms with van der Waals surface area (Å²) >= 11 is 0. The lowest BCUT2D eigenvalue weighted by Crippen LogP contribution is -2.67. The normalized spacial score (nSPS) is 20.9. The quantitative estimate of drug-likeness (QED) is 0.694. The molecule has 0 aromatic heterocycles. The molecule has 0 aromatic rings. The maximum absolute atomic E-state index is 12.0. The molecule has 1 heterocycles. The minimum absolute atomic E-state index is 0.114. The second-order valence-corrected chi connectivity index (χ2v) is 5.86.